The molecule has 0 saturated carbocycles. The summed E-state index contributed by atoms with van der Waals surface area (Å²) < 4.78 is 65.4. The van der Waals surface area contributed by atoms with Gasteiger partial charge >= 0.3 is 0 Å². The molecule has 10 heteroatoms. The van der Waals surface area contributed by atoms with Crippen molar-refractivity contribution in [2.75, 3.05) is 11.1 Å². The third-order valence-corrected chi connectivity index (χ3v) is 2.70. The van der Waals surface area contributed by atoms with E-state index in [1.807, 2.05) is 0 Å². The van der Waals surface area contributed by atoms with Gasteiger partial charge in [-0.05, 0) is 0 Å². The lowest BCUT2D eigenvalue weighted by atomic mass is 10.2. The Bertz CT molecular complexity index is 567. The first-order valence-electron chi connectivity index (χ1n) is 5.40. The largest absolute Gasteiger partial charge is 0.344 e. The summed E-state index contributed by atoms with van der Waals surface area (Å²) >= 11 is 3.73. The van der Waals surface area contributed by atoms with E-state index in [0.717, 1.165) is 6.92 Å². The summed E-state index contributed by atoms with van der Waals surface area (Å²) in [7, 11) is 0. The van der Waals surface area contributed by atoms with Crippen molar-refractivity contribution >= 4 is 30.1 Å². The molecule has 0 spiro atoms. The molecule has 1 atom stereocenters. The first kappa shape index (κ1) is 17.2. The van der Waals surface area contributed by atoms with Crippen molar-refractivity contribution in [3.05, 3.63) is 29.1 Å². The summed E-state index contributed by atoms with van der Waals surface area (Å²) in [6, 6.07) is -1.30. The Morgan fingerprint density at radius 3 is 1.81 bits per heavy atom. The number of rotatable bonds is 4. The molecule has 0 bridgehead atoms. The van der Waals surface area contributed by atoms with E-state index in [1.54, 1.807) is 5.32 Å². The van der Waals surface area contributed by atoms with Crippen LogP contribution in [0.2, 0.25) is 0 Å². The van der Waals surface area contributed by atoms with Gasteiger partial charge < -0.3 is 10.6 Å². The number of benzene rings is 1. The minimum Gasteiger partial charge on any atom is -0.344 e. The van der Waals surface area contributed by atoms with Crippen LogP contribution in [0.5, 0.6) is 0 Å². The molecule has 21 heavy (non-hydrogen) atoms. The standard InChI is InChI=1S/C11H9F5N2O2S/c1-3(19)17-4(2-21)11(20)18-10-8(15)6(13)5(12)7(14)9(10)16/h4,21H,2H2,1H3,(H,17,19)(H,18,20). The normalized spacial score (nSPS) is 12.0. The van der Waals surface area contributed by atoms with Gasteiger partial charge in [-0.25, -0.2) is 22.0 Å². The number of hydrogen-bond acceptors (Lipinski definition) is 3. The first-order chi connectivity index (χ1) is 9.70. The van der Waals surface area contributed by atoms with Gasteiger partial charge in [0.25, 0.3) is 0 Å². The number of hydrogen-bond donors (Lipinski definition) is 3. The molecule has 1 aromatic rings. The summed E-state index contributed by atoms with van der Waals surface area (Å²) in [6.07, 6.45) is 0. The maximum atomic E-state index is 13.4. The van der Waals surface area contributed by atoms with Crippen molar-refractivity contribution in [2.45, 2.75) is 13.0 Å². The molecular formula is C11H9F5N2O2S. The van der Waals surface area contributed by atoms with Crippen LogP contribution in [0.3, 0.4) is 0 Å². The smallest absolute Gasteiger partial charge is 0.247 e. The van der Waals surface area contributed by atoms with Gasteiger partial charge in [0.15, 0.2) is 23.3 Å². The monoisotopic (exact) mass is 328 g/mol. The van der Waals surface area contributed by atoms with E-state index < -0.39 is 52.6 Å². The van der Waals surface area contributed by atoms with E-state index in [9.17, 15) is 31.5 Å². The highest BCUT2D eigenvalue weighted by Crippen LogP contribution is 2.27. The van der Waals surface area contributed by atoms with Crippen molar-refractivity contribution in [3.63, 3.8) is 0 Å². The molecule has 2 amide bonds. The average molecular weight is 328 g/mol. The molecule has 0 aliphatic carbocycles. The number of carbonyl (C=O) groups excluding carboxylic acids is 2. The fourth-order valence-electron chi connectivity index (χ4n) is 1.36. The predicted molar refractivity (Wildman–Crippen MR) is 66.3 cm³/mol. The van der Waals surface area contributed by atoms with Gasteiger partial charge in [-0.2, -0.15) is 12.6 Å². The Morgan fingerprint density at radius 1 is 1.00 bits per heavy atom. The van der Waals surface area contributed by atoms with Gasteiger partial charge in [-0.3, -0.25) is 9.59 Å². The highest BCUT2D eigenvalue weighted by Gasteiger charge is 2.28. The van der Waals surface area contributed by atoms with Gasteiger partial charge in [-0.1, -0.05) is 0 Å². The van der Waals surface area contributed by atoms with Crippen molar-refractivity contribution in [3.8, 4) is 0 Å². The molecule has 0 aromatic heterocycles. The summed E-state index contributed by atoms with van der Waals surface area (Å²) in [5.74, 6) is -13.1. The topological polar surface area (TPSA) is 58.2 Å². The van der Waals surface area contributed by atoms with Gasteiger partial charge in [0.05, 0.1) is 0 Å². The predicted octanol–water partition coefficient (Wildman–Crippen LogP) is 1.76. The van der Waals surface area contributed by atoms with Crippen molar-refractivity contribution in [1.82, 2.24) is 5.32 Å². The SMILES string of the molecule is CC(=O)NC(CS)C(=O)Nc1c(F)c(F)c(F)c(F)c1F. The lowest BCUT2D eigenvalue weighted by molar-refractivity contribution is -0.124. The van der Waals surface area contributed by atoms with Gasteiger partial charge in [0.1, 0.15) is 11.7 Å². The number of halogens is 5. The Balaban J connectivity index is 3.13. The van der Waals surface area contributed by atoms with E-state index in [0.29, 0.717) is 0 Å². The van der Waals surface area contributed by atoms with Crippen LogP contribution < -0.4 is 10.6 Å². The Morgan fingerprint density at radius 2 is 1.43 bits per heavy atom. The molecule has 1 aromatic carbocycles. The second-order valence-corrected chi connectivity index (χ2v) is 4.23. The molecule has 116 valence electrons. The minimum atomic E-state index is -2.34. The average Bonchev–Trinajstić information content (AvgIpc) is 2.44. The number of carbonyl (C=O) groups is 2. The molecule has 0 fully saturated rings. The van der Waals surface area contributed by atoms with Crippen LogP contribution in [-0.4, -0.2) is 23.6 Å². The molecule has 2 N–H and O–H groups in total. The van der Waals surface area contributed by atoms with E-state index in [4.69, 9.17) is 0 Å². The first-order valence-corrected chi connectivity index (χ1v) is 6.04. The molecule has 1 rings (SSSR count). The Labute approximate surface area is 121 Å². The van der Waals surface area contributed by atoms with Crippen molar-refractivity contribution in [1.29, 1.82) is 0 Å². The van der Waals surface area contributed by atoms with Crippen LogP contribution in [0, 0.1) is 29.1 Å². The molecule has 0 aliphatic heterocycles. The lowest BCUT2D eigenvalue weighted by Gasteiger charge is -2.16. The second kappa shape index (κ2) is 6.74. The van der Waals surface area contributed by atoms with Gasteiger partial charge in [-0.15, -0.1) is 0 Å². The lowest BCUT2D eigenvalue weighted by Crippen LogP contribution is -2.44. The van der Waals surface area contributed by atoms with Crippen LogP contribution in [0.4, 0.5) is 27.6 Å². The molecular weight excluding hydrogens is 319 g/mol. The van der Waals surface area contributed by atoms with Crippen LogP contribution in [0.1, 0.15) is 6.92 Å². The van der Waals surface area contributed by atoms with Gasteiger partial charge in [0, 0.05) is 12.7 Å². The number of nitrogens with one attached hydrogen (secondary N) is 2. The summed E-state index contributed by atoms with van der Waals surface area (Å²) in [6.45, 7) is 1.07. The molecule has 1 unspecified atom stereocenters. The van der Waals surface area contributed by atoms with E-state index in [1.165, 1.54) is 0 Å². The molecule has 0 heterocycles. The number of thiol groups is 1. The minimum absolute atomic E-state index is 0.249. The summed E-state index contributed by atoms with van der Waals surface area (Å²) in [5.41, 5.74) is -1.49. The maximum Gasteiger partial charge on any atom is 0.247 e. The zero-order chi connectivity index (χ0) is 16.3. The third kappa shape index (κ3) is 3.63. The zero-order valence-corrected chi connectivity index (χ0v) is 11.3. The summed E-state index contributed by atoms with van der Waals surface area (Å²) in [4.78, 5) is 22.5. The van der Waals surface area contributed by atoms with E-state index in [2.05, 4.69) is 17.9 Å². The quantitative estimate of drug-likeness (QED) is 0.341. The highest BCUT2D eigenvalue weighted by molar-refractivity contribution is 7.80. The zero-order valence-electron chi connectivity index (χ0n) is 10.4. The van der Waals surface area contributed by atoms with Crippen LogP contribution in [0.15, 0.2) is 0 Å². The van der Waals surface area contributed by atoms with Crippen LogP contribution in [-0.2, 0) is 9.59 Å². The van der Waals surface area contributed by atoms with Gasteiger partial charge in [0.2, 0.25) is 17.6 Å². The molecule has 4 nitrogen and oxygen atoms in total. The Kier molecular flexibility index (Phi) is 5.53. The maximum absolute atomic E-state index is 13.4. The molecule has 0 radical (unpaired) electrons. The third-order valence-electron chi connectivity index (χ3n) is 2.33. The summed E-state index contributed by atoms with van der Waals surface area (Å²) in [5, 5.41) is 3.64. The molecule has 0 aliphatic rings. The van der Waals surface area contributed by atoms with E-state index >= 15 is 0 Å². The highest BCUT2D eigenvalue weighted by atomic mass is 32.1. The fourth-order valence-corrected chi connectivity index (χ4v) is 1.62. The fraction of sp³-hybridized carbons (Fsp3) is 0.273. The number of amides is 2. The Hall–Kier alpha value is -1.84. The second-order valence-electron chi connectivity index (χ2n) is 3.87. The van der Waals surface area contributed by atoms with Crippen LogP contribution >= 0.6 is 12.6 Å². The van der Waals surface area contributed by atoms with Crippen molar-refractivity contribution in [2.24, 2.45) is 0 Å². The molecule has 0 saturated heterocycles. The van der Waals surface area contributed by atoms with Crippen LogP contribution in [0.25, 0.3) is 0 Å². The van der Waals surface area contributed by atoms with E-state index in [-0.39, 0.29) is 5.75 Å². The number of anilines is 1. The van der Waals surface area contributed by atoms with Crippen molar-refractivity contribution < 1.29 is 31.5 Å².